The molecule has 0 heterocycles. The highest BCUT2D eigenvalue weighted by Crippen LogP contribution is 2.40. The summed E-state index contributed by atoms with van der Waals surface area (Å²) in [5.41, 5.74) is 0.224. The molecule has 74 valence electrons. The van der Waals surface area contributed by atoms with Crippen LogP contribution in [0.25, 0.3) is 0 Å². The van der Waals surface area contributed by atoms with E-state index in [1.165, 1.54) is 6.08 Å². The van der Waals surface area contributed by atoms with Gasteiger partial charge in [0.2, 0.25) is 0 Å². The van der Waals surface area contributed by atoms with Crippen molar-refractivity contribution in [2.75, 3.05) is 0 Å². The van der Waals surface area contributed by atoms with Gasteiger partial charge in [-0.2, -0.15) is 0 Å². The number of fused-ring (bicyclic) bond motifs is 2. The summed E-state index contributed by atoms with van der Waals surface area (Å²) >= 11 is 0. The Morgan fingerprint density at radius 1 is 1.29 bits per heavy atom. The Labute approximate surface area is 80.5 Å². The Bertz CT molecular complexity index is 353. The van der Waals surface area contributed by atoms with Crippen molar-refractivity contribution in [1.82, 2.24) is 0 Å². The lowest BCUT2D eigenvalue weighted by Gasteiger charge is -2.23. The lowest BCUT2D eigenvalue weighted by molar-refractivity contribution is -0.141. The van der Waals surface area contributed by atoms with Gasteiger partial charge in [0.1, 0.15) is 0 Å². The monoisotopic (exact) mass is 194 g/mol. The van der Waals surface area contributed by atoms with Gasteiger partial charge in [0.15, 0.2) is 0 Å². The molecule has 2 N–H and O–H groups in total. The van der Waals surface area contributed by atoms with Crippen molar-refractivity contribution < 1.29 is 19.8 Å². The standard InChI is InChI=1S/C10H10O4/c11-9(12)7-4-8(10(13)14)6-2-1-5(7)3-6/h1-2,4-7H,3H2,(H,11,12)(H,13,14). The van der Waals surface area contributed by atoms with E-state index in [9.17, 15) is 9.59 Å². The smallest absolute Gasteiger partial charge is 0.331 e. The average molecular weight is 194 g/mol. The molecule has 0 spiro atoms. The second-order valence-corrected chi connectivity index (χ2v) is 3.68. The molecule has 0 aromatic heterocycles. The van der Waals surface area contributed by atoms with Crippen molar-refractivity contribution in [2.45, 2.75) is 6.42 Å². The van der Waals surface area contributed by atoms with E-state index in [0.29, 0.717) is 6.42 Å². The van der Waals surface area contributed by atoms with Crippen LogP contribution in [0.2, 0.25) is 0 Å². The molecule has 2 aliphatic carbocycles. The Hall–Kier alpha value is -1.58. The normalized spacial score (nSPS) is 34.0. The molecule has 0 aromatic carbocycles. The minimum Gasteiger partial charge on any atom is -0.481 e. The largest absolute Gasteiger partial charge is 0.481 e. The first kappa shape index (κ1) is 8.99. The first-order valence-electron chi connectivity index (χ1n) is 4.45. The maximum Gasteiger partial charge on any atom is 0.331 e. The third kappa shape index (κ3) is 1.23. The van der Waals surface area contributed by atoms with E-state index in [1.54, 1.807) is 6.08 Å². The van der Waals surface area contributed by atoms with Crippen molar-refractivity contribution in [3.05, 3.63) is 23.8 Å². The second-order valence-electron chi connectivity index (χ2n) is 3.68. The molecule has 2 rings (SSSR count). The Balaban J connectivity index is 2.37. The number of allylic oxidation sites excluding steroid dienone is 2. The Morgan fingerprint density at radius 2 is 2.00 bits per heavy atom. The summed E-state index contributed by atoms with van der Waals surface area (Å²) in [7, 11) is 0. The van der Waals surface area contributed by atoms with E-state index in [1.807, 2.05) is 6.08 Å². The Morgan fingerprint density at radius 3 is 2.57 bits per heavy atom. The minimum absolute atomic E-state index is 0.0272. The van der Waals surface area contributed by atoms with E-state index in [4.69, 9.17) is 10.2 Å². The van der Waals surface area contributed by atoms with E-state index in [0.717, 1.165) is 0 Å². The summed E-state index contributed by atoms with van der Waals surface area (Å²) in [6, 6.07) is 0. The van der Waals surface area contributed by atoms with Crippen LogP contribution >= 0.6 is 0 Å². The Kier molecular flexibility index (Phi) is 1.91. The lowest BCUT2D eigenvalue weighted by Crippen LogP contribution is -2.26. The van der Waals surface area contributed by atoms with E-state index >= 15 is 0 Å². The van der Waals surface area contributed by atoms with Crippen molar-refractivity contribution in [3.8, 4) is 0 Å². The molecule has 0 aromatic rings. The number of aliphatic carboxylic acids is 2. The third-order valence-corrected chi connectivity index (χ3v) is 2.87. The molecular formula is C10H10O4. The predicted octanol–water partition coefficient (Wildman–Crippen LogP) is 0.904. The molecular weight excluding hydrogens is 184 g/mol. The van der Waals surface area contributed by atoms with Crippen molar-refractivity contribution in [1.29, 1.82) is 0 Å². The lowest BCUT2D eigenvalue weighted by atomic mass is 9.80. The van der Waals surface area contributed by atoms with Crippen LogP contribution in [-0.2, 0) is 9.59 Å². The molecule has 0 saturated carbocycles. The average Bonchev–Trinajstić information content (AvgIpc) is 2.48. The molecule has 0 fully saturated rings. The highest BCUT2D eigenvalue weighted by atomic mass is 16.4. The molecule has 0 amide bonds. The van der Waals surface area contributed by atoms with Gasteiger partial charge >= 0.3 is 11.9 Å². The van der Waals surface area contributed by atoms with Gasteiger partial charge in [-0.15, -0.1) is 0 Å². The van der Waals surface area contributed by atoms with Gasteiger partial charge in [0, 0.05) is 11.5 Å². The number of hydrogen-bond acceptors (Lipinski definition) is 2. The molecule has 14 heavy (non-hydrogen) atoms. The van der Waals surface area contributed by atoms with Crippen LogP contribution in [0.5, 0.6) is 0 Å². The van der Waals surface area contributed by atoms with Crippen LogP contribution in [0.15, 0.2) is 23.8 Å². The number of carboxylic acid groups (broad SMARTS) is 2. The number of rotatable bonds is 2. The third-order valence-electron chi connectivity index (χ3n) is 2.87. The SMILES string of the molecule is O=C(O)C1=CC(C(=O)O)C2C=CC1C2. The fourth-order valence-corrected chi connectivity index (χ4v) is 2.15. The highest BCUT2D eigenvalue weighted by Gasteiger charge is 2.38. The zero-order chi connectivity index (χ0) is 10.3. The summed E-state index contributed by atoms with van der Waals surface area (Å²) in [5, 5.41) is 17.7. The van der Waals surface area contributed by atoms with Gasteiger partial charge in [0.05, 0.1) is 5.92 Å². The fraction of sp³-hybridized carbons (Fsp3) is 0.400. The number of carbonyl (C=O) groups is 2. The second kappa shape index (κ2) is 2.97. The maximum absolute atomic E-state index is 10.8. The summed E-state index contributed by atoms with van der Waals surface area (Å²) in [6.45, 7) is 0. The van der Waals surface area contributed by atoms with Crippen molar-refractivity contribution in [3.63, 3.8) is 0 Å². The molecule has 4 nitrogen and oxygen atoms in total. The zero-order valence-corrected chi connectivity index (χ0v) is 7.38. The predicted molar refractivity (Wildman–Crippen MR) is 47.6 cm³/mol. The summed E-state index contributed by atoms with van der Waals surface area (Å²) < 4.78 is 0. The minimum atomic E-state index is -1.01. The highest BCUT2D eigenvalue weighted by molar-refractivity contribution is 5.90. The molecule has 3 unspecified atom stereocenters. The molecule has 4 heteroatoms. The van der Waals surface area contributed by atoms with Crippen LogP contribution in [0.1, 0.15) is 6.42 Å². The van der Waals surface area contributed by atoms with E-state index in [-0.39, 0.29) is 17.4 Å². The van der Waals surface area contributed by atoms with Gasteiger partial charge in [-0.3, -0.25) is 4.79 Å². The first-order chi connectivity index (χ1) is 6.59. The summed E-state index contributed by atoms with van der Waals surface area (Å²) in [5.74, 6) is -2.74. The quantitative estimate of drug-likeness (QED) is 0.640. The van der Waals surface area contributed by atoms with Gasteiger partial charge < -0.3 is 10.2 Å². The van der Waals surface area contributed by atoms with E-state index in [2.05, 4.69) is 0 Å². The molecule has 0 aliphatic heterocycles. The molecule has 2 aliphatic rings. The van der Waals surface area contributed by atoms with Gasteiger partial charge in [0.25, 0.3) is 0 Å². The molecule has 0 saturated heterocycles. The number of carboxylic acids is 2. The molecule has 0 radical (unpaired) electrons. The molecule has 3 atom stereocenters. The van der Waals surface area contributed by atoms with Crippen molar-refractivity contribution in [2.24, 2.45) is 17.8 Å². The van der Waals surface area contributed by atoms with Crippen molar-refractivity contribution >= 4 is 11.9 Å². The number of hydrogen-bond donors (Lipinski definition) is 2. The fourth-order valence-electron chi connectivity index (χ4n) is 2.15. The van der Waals surface area contributed by atoms with Gasteiger partial charge in [-0.05, 0) is 12.3 Å². The van der Waals surface area contributed by atoms with Gasteiger partial charge in [-0.25, -0.2) is 4.79 Å². The maximum atomic E-state index is 10.8. The topological polar surface area (TPSA) is 74.6 Å². The van der Waals surface area contributed by atoms with Gasteiger partial charge in [-0.1, -0.05) is 18.2 Å². The molecule has 2 bridgehead atoms. The van der Waals surface area contributed by atoms with Crippen LogP contribution in [0.4, 0.5) is 0 Å². The van der Waals surface area contributed by atoms with E-state index < -0.39 is 17.9 Å². The van der Waals surface area contributed by atoms with Crippen LogP contribution in [0, 0.1) is 17.8 Å². The van der Waals surface area contributed by atoms with Crippen LogP contribution in [0.3, 0.4) is 0 Å². The van der Waals surface area contributed by atoms with Crippen LogP contribution in [-0.4, -0.2) is 22.2 Å². The zero-order valence-electron chi connectivity index (χ0n) is 7.38. The summed E-state index contributed by atoms with van der Waals surface area (Å²) in [4.78, 5) is 21.7. The first-order valence-corrected chi connectivity index (χ1v) is 4.45. The van der Waals surface area contributed by atoms with Crippen LogP contribution < -0.4 is 0 Å². The summed E-state index contributed by atoms with van der Waals surface area (Å²) in [6.07, 6.45) is 5.61.